The Morgan fingerprint density at radius 3 is 2.75 bits per heavy atom. The van der Waals surface area contributed by atoms with Crippen LogP contribution in [0.25, 0.3) is 0 Å². The van der Waals surface area contributed by atoms with Crippen molar-refractivity contribution in [2.45, 2.75) is 31.8 Å². The molecule has 0 N–H and O–H groups in total. The van der Waals surface area contributed by atoms with Crippen LogP contribution in [-0.2, 0) is 17.8 Å². The summed E-state index contributed by atoms with van der Waals surface area (Å²) in [5.41, 5.74) is 3.81. The van der Waals surface area contributed by atoms with Crippen LogP contribution in [0, 0.1) is 0 Å². The number of rotatable bonds is 3. The standard InChI is InChI=1S/C20H23N3O/c24-20(15-22-13-10-16-6-1-2-7-17(16)14-22)23-12-5-9-19(23)18-8-3-4-11-21-18/h1-4,6-8,11,19H,5,9-10,12-15H2. The maximum absolute atomic E-state index is 12.9. The van der Waals surface area contributed by atoms with Gasteiger partial charge in [-0.05, 0) is 42.5 Å². The first-order chi connectivity index (χ1) is 11.8. The van der Waals surface area contributed by atoms with Gasteiger partial charge < -0.3 is 4.90 Å². The molecule has 0 radical (unpaired) electrons. The number of pyridine rings is 1. The molecule has 1 fully saturated rings. The van der Waals surface area contributed by atoms with E-state index in [0.717, 1.165) is 44.6 Å². The molecule has 1 amide bonds. The van der Waals surface area contributed by atoms with Crippen LogP contribution in [0.4, 0.5) is 0 Å². The lowest BCUT2D eigenvalue weighted by Crippen LogP contribution is -2.42. The van der Waals surface area contributed by atoms with Crippen molar-refractivity contribution in [3.05, 3.63) is 65.5 Å². The zero-order chi connectivity index (χ0) is 16.4. The number of hydrogen-bond acceptors (Lipinski definition) is 3. The molecule has 4 nitrogen and oxygen atoms in total. The molecule has 1 saturated heterocycles. The molecule has 2 aliphatic heterocycles. The molecular formula is C20H23N3O. The molecule has 1 aromatic heterocycles. The van der Waals surface area contributed by atoms with Gasteiger partial charge in [0, 0.05) is 25.8 Å². The monoisotopic (exact) mass is 321 g/mol. The summed E-state index contributed by atoms with van der Waals surface area (Å²) < 4.78 is 0. The first-order valence-corrected chi connectivity index (χ1v) is 8.81. The second-order valence-corrected chi connectivity index (χ2v) is 6.73. The molecular weight excluding hydrogens is 298 g/mol. The van der Waals surface area contributed by atoms with Gasteiger partial charge in [0.25, 0.3) is 0 Å². The predicted molar refractivity (Wildman–Crippen MR) is 93.3 cm³/mol. The third-order valence-corrected chi connectivity index (χ3v) is 5.17. The van der Waals surface area contributed by atoms with E-state index in [1.807, 2.05) is 29.3 Å². The largest absolute Gasteiger partial charge is 0.333 e. The SMILES string of the molecule is O=C(CN1CCc2ccccc2C1)N1CCCC1c1ccccn1. The van der Waals surface area contributed by atoms with Crippen LogP contribution in [0.1, 0.15) is 35.7 Å². The van der Waals surface area contributed by atoms with E-state index in [0.29, 0.717) is 6.54 Å². The number of amides is 1. The lowest BCUT2D eigenvalue weighted by molar-refractivity contribution is -0.133. The number of likely N-dealkylation sites (tertiary alicyclic amines) is 1. The Bertz CT molecular complexity index is 716. The summed E-state index contributed by atoms with van der Waals surface area (Å²) in [6.07, 6.45) is 4.94. The van der Waals surface area contributed by atoms with Crippen molar-refractivity contribution < 1.29 is 4.79 Å². The van der Waals surface area contributed by atoms with E-state index in [1.165, 1.54) is 11.1 Å². The summed E-state index contributed by atoms with van der Waals surface area (Å²) >= 11 is 0. The number of fused-ring (bicyclic) bond motifs is 1. The van der Waals surface area contributed by atoms with E-state index in [2.05, 4.69) is 34.1 Å². The summed E-state index contributed by atoms with van der Waals surface area (Å²) in [5, 5.41) is 0. The summed E-state index contributed by atoms with van der Waals surface area (Å²) in [5.74, 6) is 0.238. The third kappa shape index (κ3) is 3.06. The van der Waals surface area contributed by atoms with Crippen LogP contribution in [0.15, 0.2) is 48.7 Å². The molecule has 0 aliphatic carbocycles. The quantitative estimate of drug-likeness (QED) is 0.872. The van der Waals surface area contributed by atoms with E-state index >= 15 is 0 Å². The summed E-state index contributed by atoms with van der Waals surface area (Å²) in [6.45, 7) is 3.21. The van der Waals surface area contributed by atoms with Gasteiger partial charge in [0.1, 0.15) is 0 Å². The van der Waals surface area contributed by atoms with Crippen LogP contribution in [0.2, 0.25) is 0 Å². The molecule has 3 heterocycles. The highest BCUT2D eigenvalue weighted by molar-refractivity contribution is 5.79. The van der Waals surface area contributed by atoms with E-state index in [1.54, 1.807) is 0 Å². The minimum Gasteiger partial charge on any atom is -0.333 e. The summed E-state index contributed by atoms with van der Waals surface area (Å²) in [6, 6.07) is 14.7. The molecule has 2 aromatic rings. The highest BCUT2D eigenvalue weighted by Gasteiger charge is 2.31. The molecule has 124 valence electrons. The van der Waals surface area contributed by atoms with Crippen LogP contribution in [0.3, 0.4) is 0 Å². The van der Waals surface area contributed by atoms with Crippen molar-refractivity contribution in [2.75, 3.05) is 19.6 Å². The molecule has 4 heteroatoms. The van der Waals surface area contributed by atoms with E-state index < -0.39 is 0 Å². The fourth-order valence-electron chi connectivity index (χ4n) is 3.92. The van der Waals surface area contributed by atoms with Gasteiger partial charge in [0.15, 0.2) is 0 Å². The van der Waals surface area contributed by atoms with Crippen LogP contribution in [-0.4, -0.2) is 40.3 Å². The Labute approximate surface area is 143 Å². The highest BCUT2D eigenvalue weighted by Crippen LogP contribution is 2.31. The molecule has 1 atom stereocenters. The molecule has 0 spiro atoms. The minimum atomic E-state index is 0.149. The van der Waals surface area contributed by atoms with Gasteiger partial charge >= 0.3 is 0 Å². The highest BCUT2D eigenvalue weighted by atomic mass is 16.2. The number of carbonyl (C=O) groups excluding carboxylic acids is 1. The Morgan fingerprint density at radius 1 is 1.08 bits per heavy atom. The van der Waals surface area contributed by atoms with Gasteiger partial charge in [-0.15, -0.1) is 0 Å². The number of hydrogen-bond donors (Lipinski definition) is 0. The average molecular weight is 321 g/mol. The topological polar surface area (TPSA) is 36.4 Å². The molecule has 1 aromatic carbocycles. The van der Waals surface area contributed by atoms with E-state index in [-0.39, 0.29) is 11.9 Å². The lowest BCUT2D eigenvalue weighted by Gasteiger charge is -2.31. The molecule has 0 saturated carbocycles. The zero-order valence-electron chi connectivity index (χ0n) is 13.9. The fraction of sp³-hybridized carbons (Fsp3) is 0.400. The maximum atomic E-state index is 12.9. The van der Waals surface area contributed by atoms with E-state index in [4.69, 9.17) is 0 Å². The summed E-state index contributed by atoms with van der Waals surface area (Å²) in [7, 11) is 0. The normalized spacial score (nSPS) is 20.8. The number of carbonyl (C=O) groups is 1. The third-order valence-electron chi connectivity index (χ3n) is 5.17. The molecule has 24 heavy (non-hydrogen) atoms. The van der Waals surface area contributed by atoms with Gasteiger partial charge in [-0.2, -0.15) is 0 Å². The van der Waals surface area contributed by atoms with Crippen molar-refractivity contribution in [3.8, 4) is 0 Å². The second kappa shape index (κ2) is 6.73. The van der Waals surface area contributed by atoms with Crippen molar-refractivity contribution >= 4 is 5.91 Å². The average Bonchev–Trinajstić information content (AvgIpc) is 3.12. The van der Waals surface area contributed by atoms with Crippen molar-refractivity contribution in [3.63, 3.8) is 0 Å². The van der Waals surface area contributed by atoms with Crippen molar-refractivity contribution in [1.29, 1.82) is 0 Å². The number of nitrogens with zero attached hydrogens (tertiary/aromatic N) is 3. The van der Waals surface area contributed by atoms with Gasteiger partial charge in [-0.25, -0.2) is 0 Å². The predicted octanol–water partition coefficient (Wildman–Crippen LogP) is 2.80. The lowest BCUT2D eigenvalue weighted by atomic mass is 10.00. The minimum absolute atomic E-state index is 0.149. The van der Waals surface area contributed by atoms with Crippen molar-refractivity contribution in [2.24, 2.45) is 0 Å². The fourth-order valence-corrected chi connectivity index (χ4v) is 3.92. The zero-order valence-corrected chi connectivity index (χ0v) is 13.9. The molecule has 1 unspecified atom stereocenters. The van der Waals surface area contributed by atoms with Gasteiger partial charge in [-0.3, -0.25) is 14.7 Å². The Morgan fingerprint density at radius 2 is 1.92 bits per heavy atom. The van der Waals surface area contributed by atoms with Gasteiger partial charge in [0.05, 0.1) is 18.3 Å². The van der Waals surface area contributed by atoms with Crippen LogP contribution in [0.5, 0.6) is 0 Å². The smallest absolute Gasteiger partial charge is 0.237 e. The first-order valence-electron chi connectivity index (χ1n) is 8.81. The molecule has 2 aliphatic rings. The Balaban J connectivity index is 1.43. The second-order valence-electron chi connectivity index (χ2n) is 6.73. The van der Waals surface area contributed by atoms with Crippen LogP contribution < -0.4 is 0 Å². The number of benzene rings is 1. The Hall–Kier alpha value is -2.20. The molecule has 4 rings (SSSR count). The summed E-state index contributed by atoms with van der Waals surface area (Å²) in [4.78, 5) is 21.6. The van der Waals surface area contributed by atoms with Crippen LogP contribution >= 0.6 is 0 Å². The Kier molecular flexibility index (Phi) is 4.30. The van der Waals surface area contributed by atoms with Gasteiger partial charge in [0.2, 0.25) is 5.91 Å². The maximum Gasteiger partial charge on any atom is 0.237 e. The van der Waals surface area contributed by atoms with E-state index in [9.17, 15) is 4.79 Å². The van der Waals surface area contributed by atoms with Crippen molar-refractivity contribution in [1.82, 2.24) is 14.8 Å². The number of aromatic nitrogens is 1. The van der Waals surface area contributed by atoms with Gasteiger partial charge in [-0.1, -0.05) is 30.3 Å². The first kappa shape index (κ1) is 15.3. The molecule has 0 bridgehead atoms.